The highest BCUT2D eigenvalue weighted by atomic mass is 19.4. The number of alkyl halides is 3. The molecule has 0 fully saturated rings. The molecule has 0 amide bonds. The lowest BCUT2D eigenvalue weighted by Gasteiger charge is -2.10. The van der Waals surface area contributed by atoms with Crippen molar-refractivity contribution in [3.05, 3.63) is 59.9 Å². The Morgan fingerprint density at radius 2 is 1.86 bits per heavy atom. The smallest absolute Gasteiger partial charge is 0.416 e. The number of fused-ring (bicyclic) bond motifs is 1. The highest BCUT2D eigenvalue weighted by Gasteiger charge is 2.30. The molecule has 114 valence electrons. The minimum absolute atomic E-state index is 0.104. The molecule has 0 bridgehead atoms. The highest BCUT2D eigenvalue weighted by Crippen LogP contribution is 2.31. The zero-order chi connectivity index (χ0) is 15.7. The van der Waals surface area contributed by atoms with Gasteiger partial charge in [-0.15, -0.1) is 0 Å². The van der Waals surface area contributed by atoms with Crippen LogP contribution in [0.15, 0.2) is 48.5 Å². The molecular weight excluding hydrogens is 293 g/mol. The molecule has 1 aromatic heterocycles. The van der Waals surface area contributed by atoms with Crippen LogP contribution < -0.4 is 4.74 Å². The Bertz CT molecular complexity index is 809. The summed E-state index contributed by atoms with van der Waals surface area (Å²) in [6.45, 7) is 0.104. The summed E-state index contributed by atoms with van der Waals surface area (Å²) in [5.74, 6) is 0.820. The zero-order valence-electron chi connectivity index (χ0n) is 11.8. The molecule has 0 unspecified atom stereocenters. The van der Waals surface area contributed by atoms with E-state index in [2.05, 4.69) is 4.98 Å². The molecule has 22 heavy (non-hydrogen) atoms. The minimum Gasteiger partial charge on any atom is -0.486 e. The number of halogens is 3. The van der Waals surface area contributed by atoms with Gasteiger partial charge in [-0.1, -0.05) is 18.2 Å². The summed E-state index contributed by atoms with van der Waals surface area (Å²) in [4.78, 5) is 4.41. The van der Waals surface area contributed by atoms with Crippen LogP contribution in [0.2, 0.25) is 0 Å². The van der Waals surface area contributed by atoms with Crippen molar-refractivity contribution >= 4 is 11.0 Å². The molecular formula is C16H13F3N2O. The van der Waals surface area contributed by atoms with Crippen molar-refractivity contribution in [2.75, 3.05) is 0 Å². The fraction of sp³-hybridized carbons (Fsp3) is 0.188. The van der Waals surface area contributed by atoms with E-state index in [4.69, 9.17) is 4.74 Å². The third-order valence-corrected chi connectivity index (χ3v) is 3.41. The summed E-state index contributed by atoms with van der Waals surface area (Å²) in [5, 5.41) is 0. The van der Waals surface area contributed by atoms with Crippen LogP contribution in [-0.2, 0) is 19.8 Å². The van der Waals surface area contributed by atoms with Crippen LogP contribution in [0.4, 0.5) is 13.2 Å². The molecule has 0 aliphatic carbocycles. The summed E-state index contributed by atoms with van der Waals surface area (Å²) in [6.07, 6.45) is -4.38. The van der Waals surface area contributed by atoms with Gasteiger partial charge in [0.1, 0.15) is 18.2 Å². The number of hydrogen-bond acceptors (Lipinski definition) is 2. The molecule has 1 heterocycles. The summed E-state index contributed by atoms with van der Waals surface area (Å²) in [6, 6.07) is 12.4. The second kappa shape index (κ2) is 5.36. The maximum atomic E-state index is 12.7. The van der Waals surface area contributed by atoms with Crippen molar-refractivity contribution in [3.63, 3.8) is 0 Å². The fourth-order valence-corrected chi connectivity index (χ4v) is 2.23. The topological polar surface area (TPSA) is 27.1 Å². The van der Waals surface area contributed by atoms with Crippen LogP contribution in [-0.4, -0.2) is 9.55 Å². The minimum atomic E-state index is -4.38. The number of aryl methyl sites for hydroxylation is 1. The molecule has 0 radical (unpaired) electrons. The van der Waals surface area contributed by atoms with E-state index in [1.54, 1.807) is 0 Å². The van der Waals surface area contributed by atoms with Gasteiger partial charge in [-0.3, -0.25) is 0 Å². The number of hydrogen-bond donors (Lipinski definition) is 0. The van der Waals surface area contributed by atoms with Gasteiger partial charge < -0.3 is 9.30 Å². The Kier molecular flexibility index (Phi) is 3.52. The summed E-state index contributed by atoms with van der Waals surface area (Å²) in [5.41, 5.74) is 1.05. The van der Waals surface area contributed by atoms with Gasteiger partial charge in [0.2, 0.25) is 0 Å². The van der Waals surface area contributed by atoms with Gasteiger partial charge in [0.25, 0.3) is 0 Å². The molecule has 0 aliphatic heterocycles. The standard InChI is InChI=1S/C16H13F3N2O/c1-21-14-8-3-2-7-13(14)20-15(21)10-22-12-6-4-5-11(9-12)16(17,18)19/h2-9H,10H2,1H3. The first kappa shape index (κ1) is 14.4. The van der Waals surface area contributed by atoms with Gasteiger partial charge in [0, 0.05) is 7.05 Å². The largest absolute Gasteiger partial charge is 0.486 e. The predicted octanol–water partition coefficient (Wildman–Crippen LogP) is 4.17. The van der Waals surface area contributed by atoms with Crippen LogP contribution in [0, 0.1) is 0 Å². The van der Waals surface area contributed by atoms with Gasteiger partial charge in [-0.2, -0.15) is 13.2 Å². The van der Waals surface area contributed by atoms with Crippen molar-refractivity contribution in [2.24, 2.45) is 7.05 Å². The number of para-hydroxylation sites is 2. The number of benzene rings is 2. The van der Waals surface area contributed by atoms with E-state index < -0.39 is 11.7 Å². The van der Waals surface area contributed by atoms with Crippen LogP contribution >= 0.6 is 0 Å². The molecule has 3 rings (SSSR count). The van der Waals surface area contributed by atoms with E-state index in [1.807, 2.05) is 35.9 Å². The first-order chi connectivity index (χ1) is 10.4. The third-order valence-electron chi connectivity index (χ3n) is 3.41. The van der Waals surface area contributed by atoms with Crippen LogP contribution in [0.3, 0.4) is 0 Å². The molecule has 0 saturated carbocycles. The number of ether oxygens (including phenoxy) is 1. The Labute approximate surface area is 125 Å². The Morgan fingerprint density at radius 3 is 2.59 bits per heavy atom. The van der Waals surface area contributed by atoms with E-state index in [1.165, 1.54) is 12.1 Å². The van der Waals surface area contributed by atoms with Gasteiger partial charge in [-0.05, 0) is 30.3 Å². The van der Waals surface area contributed by atoms with Gasteiger partial charge in [0.15, 0.2) is 0 Å². The third kappa shape index (κ3) is 2.77. The zero-order valence-corrected chi connectivity index (χ0v) is 11.8. The quantitative estimate of drug-likeness (QED) is 0.726. The van der Waals surface area contributed by atoms with E-state index in [9.17, 15) is 13.2 Å². The Morgan fingerprint density at radius 1 is 1.09 bits per heavy atom. The molecule has 0 atom stereocenters. The first-order valence-corrected chi connectivity index (χ1v) is 6.65. The molecule has 6 heteroatoms. The van der Waals surface area contributed by atoms with E-state index in [-0.39, 0.29) is 12.4 Å². The van der Waals surface area contributed by atoms with Crippen molar-refractivity contribution in [2.45, 2.75) is 12.8 Å². The average Bonchev–Trinajstić information content (AvgIpc) is 2.82. The summed E-state index contributed by atoms with van der Waals surface area (Å²) < 4.78 is 45.3. The van der Waals surface area contributed by atoms with E-state index in [0.717, 1.165) is 23.2 Å². The number of aromatic nitrogens is 2. The van der Waals surface area contributed by atoms with E-state index in [0.29, 0.717) is 5.82 Å². The maximum absolute atomic E-state index is 12.7. The van der Waals surface area contributed by atoms with Crippen molar-refractivity contribution < 1.29 is 17.9 Å². The van der Waals surface area contributed by atoms with E-state index >= 15 is 0 Å². The van der Waals surface area contributed by atoms with Crippen LogP contribution in [0.1, 0.15) is 11.4 Å². The average molecular weight is 306 g/mol. The molecule has 0 saturated heterocycles. The van der Waals surface area contributed by atoms with Crippen LogP contribution in [0.5, 0.6) is 5.75 Å². The summed E-state index contributed by atoms with van der Waals surface area (Å²) in [7, 11) is 1.85. The number of rotatable bonds is 3. The predicted molar refractivity (Wildman–Crippen MR) is 76.5 cm³/mol. The lowest BCUT2D eigenvalue weighted by molar-refractivity contribution is -0.137. The molecule has 0 N–H and O–H groups in total. The van der Waals surface area contributed by atoms with Crippen molar-refractivity contribution in [3.8, 4) is 5.75 Å². The van der Waals surface area contributed by atoms with Gasteiger partial charge in [0.05, 0.1) is 16.6 Å². The Balaban J connectivity index is 1.81. The highest BCUT2D eigenvalue weighted by molar-refractivity contribution is 5.75. The Hall–Kier alpha value is -2.50. The number of nitrogens with zero attached hydrogens (tertiary/aromatic N) is 2. The summed E-state index contributed by atoms with van der Waals surface area (Å²) >= 11 is 0. The maximum Gasteiger partial charge on any atom is 0.416 e. The molecule has 3 aromatic rings. The van der Waals surface area contributed by atoms with Gasteiger partial charge >= 0.3 is 6.18 Å². The monoisotopic (exact) mass is 306 g/mol. The molecule has 3 nitrogen and oxygen atoms in total. The fourth-order valence-electron chi connectivity index (χ4n) is 2.23. The second-order valence-corrected chi connectivity index (χ2v) is 4.89. The normalized spacial score (nSPS) is 11.8. The first-order valence-electron chi connectivity index (χ1n) is 6.65. The van der Waals surface area contributed by atoms with Crippen LogP contribution in [0.25, 0.3) is 11.0 Å². The molecule has 2 aromatic carbocycles. The van der Waals surface area contributed by atoms with Gasteiger partial charge in [-0.25, -0.2) is 4.98 Å². The lowest BCUT2D eigenvalue weighted by Crippen LogP contribution is -2.06. The number of imidazole rings is 1. The molecule has 0 aliphatic rings. The lowest BCUT2D eigenvalue weighted by atomic mass is 10.2. The van der Waals surface area contributed by atoms with Crippen molar-refractivity contribution in [1.82, 2.24) is 9.55 Å². The SMILES string of the molecule is Cn1c(COc2cccc(C(F)(F)F)c2)nc2ccccc21. The van der Waals surface area contributed by atoms with Crippen molar-refractivity contribution in [1.29, 1.82) is 0 Å². The second-order valence-electron chi connectivity index (χ2n) is 4.89. The molecule has 0 spiro atoms.